The van der Waals surface area contributed by atoms with Crippen LogP contribution in [0.1, 0.15) is 75.5 Å². The zero-order chi connectivity index (χ0) is 24.1. The summed E-state index contributed by atoms with van der Waals surface area (Å²) in [4.78, 5) is 39.6. The van der Waals surface area contributed by atoms with Crippen LogP contribution in [-0.4, -0.2) is 16.6 Å². The van der Waals surface area contributed by atoms with Gasteiger partial charge in [-0.15, -0.1) is 0 Å². The Hall–Kier alpha value is -3.28. The third kappa shape index (κ3) is 4.22. The number of nitro groups is 1. The van der Waals surface area contributed by atoms with Crippen LogP contribution in [0.3, 0.4) is 0 Å². The molecule has 0 aromatic heterocycles. The highest BCUT2D eigenvalue weighted by atomic mass is 16.6. The number of nitrogens with zero attached hydrogens (tertiary/aromatic N) is 2. The van der Waals surface area contributed by atoms with Crippen LogP contribution in [0, 0.1) is 22.5 Å². The van der Waals surface area contributed by atoms with Crippen molar-refractivity contribution in [3.63, 3.8) is 0 Å². The molecule has 1 unspecified atom stereocenters. The number of amides is 1. The van der Waals surface area contributed by atoms with Crippen molar-refractivity contribution in [3.05, 3.63) is 80.5 Å². The Kier molecular flexibility index (Phi) is 5.72. The van der Waals surface area contributed by atoms with E-state index in [1.54, 1.807) is 11.0 Å². The highest BCUT2D eigenvalue weighted by Crippen LogP contribution is 2.49. The SMILES string of the molecule is Cc1ccc([N+](=O)[O-])cc1N1C(=O)CC(c2ccc(C(C)C)cc2)C2=C1CC(C)(C)CC2=O. The molecule has 6 nitrogen and oxygen atoms in total. The third-order valence-electron chi connectivity index (χ3n) is 6.79. The number of non-ortho nitro benzene ring substituents is 1. The predicted molar refractivity (Wildman–Crippen MR) is 128 cm³/mol. The van der Waals surface area contributed by atoms with Crippen LogP contribution in [0.25, 0.3) is 0 Å². The molecule has 172 valence electrons. The molecule has 0 fully saturated rings. The first-order chi connectivity index (χ1) is 15.5. The van der Waals surface area contributed by atoms with Crippen LogP contribution in [0.2, 0.25) is 0 Å². The standard InChI is InChI=1S/C27H30N2O4/c1-16(2)18-7-9-19(10-8-18)21-13-25(31)28(22-12-20(29(32)33)11-6-17(22)3)23-14-27(4,5)15-24(30)26(21)23/h6-12,16,21H,13-15H2,1-5H3. The molecule has 1 atom stereocenters. The quantitative estimate of drug-likeness (QED) is 0.414. The Morgan fingerprint density at radius 2 is 1.73 bits per heavy atom. The van der Waals surface area contributed by atoms with Crippen molar-refractivity contribution in [2.75, 3.05) is 4.90 Å². The Morgan fingerprint density at radius 1 is 1.06 bits per heavy atom. The van der Waals surface area contributed by atoms with E-state index in [-0.39, 0.29) is 35.1 Å². The van der Waals surface area contributed by atoms with Gasteiger partial charge in [-0.2, -0.15) is 0 Å². The molecular weight excluding hydrogens is 416 g/mol. The minimum Gasteiger partial charge on any atom is -0.294 e. The Balaban J connectivity index is 1.89. The maximum atomic E-state index is 13.6. The number of Topliss-reactive ketones (excluding diaryl/α,β-unsaturated/α-hetero) is 1. The van der Waals surface area contributed by atoms with Gasteiger partial charge in [-0.3, -0.25) is 24.6 Å². The smallest absolute Gasteiger partial charge is 0.271 e. The summed E-state index contributed by atoms with van der Waals surface area (Å²) >= 11 is 0. The number of hydrogen-bond donors (Lipinski definition) is 0. The van der Waals surface area contributed by atoms with Crippen LogP contribution in [0.4, 0.5) is 11.4 Å². The van der Waals surface area contributed by atoms with Crippen LogP contribution in [0.5, 0.6) is 0 Å². The topological polar surface area (TPSA) is 80.5 Å². The van der Waals surface area contributed by atoms with Crippen LogP contribution >= 0.6 is 0 Å². The van der Waals surface area contributed by atoms with Gasteiger partial charge in [0.15, 0.2) is 5.78 Å². The number of nitro benzene ring substituents is 1. The maximum Gasteiger partial charge on any atom is 0.271 e. The highest BCUT2D eigenvalue weighted by Gasteiger charge is 2.44. The Labute approximate surface area is 194 Å². The lowest BCUT2D eigenvalue weighted by molar-refractivity contribution is -0.384. The maximum absolute atomic E-state index is 13.6. The average molecular weight is 447 g/mol. The Bertz CT molecular complexity index is 1180. The monoisotopic (exact) mass is 446 g/mol. The third-order valence-corrected chi connectivity index (χ3v) is 6.79. The van der Waals surface area contributed by atoms with Crippen molar-refractivity contribution in [2.45, 2.75) is 65.7 Å². The molecule has 0 spiro atoms. The van der Waals surface area contributed by atoms with E-state index in [0.717, 1.165) is 11.1 Å². The van der Waals surface area contributed by atoms with E-state index < -0.39 is 4.92 Å². The number of benzene rings is 2. The number of hydrogen-bond acceptors (Lipinski definition) is 4. The zero-order valence-electron chi connectivity index (χ0n) is 19.8. The number of rotatable bonds is 4. The number of carbonyl (C=O) groups excluding carboxylic acids is 2. The molecule has 1 amide bonds. The van der Waals surface area contributed by atoms with E-state index in [1.807, 2.05) is 32.9 Å². The average Bonchev–Trinajstić information content (AvgIpc) is 2.73. The number of aryl methyl sites for hydroxylation is 1. The van der Waals surface area contributed by atoms with Crippen molar-refractivity contribution < 1.29 is 14.5 Å². The molecule has 2 aromatic carbocycles. The molecule has 0 bridgehead atoms. The van der Waals surface area contributed by atoms with Crippen molar-refractivity contribution >= 4 is 23.1 Å². The van der Waals surface area contributed by atoms with E-state index in [4.69, 9.17) is 0 Å². The summed E-state index contributed by atoms with van der Waals surface area (Å²) in [6.45, 7) is 10.1. The molecule has 1 aliphatic heterocycles. The molecular formula is C27H30N2O4. The van der Waals surface area contributed by atoms with Crippen LogP contribution in [-0.2, 0) is 9.59 Å². The number of anilines is 1. The molecule has 1 aliphatic carbocycles. The normalized spacial score (nSPS) is 20.3. The molecule has 2 aromatic rings. The van der Waals surface area contributed by atoms with Gasteiger partial charge in [-0.1, -0.05) is 58.0 Å². The van der Waals surface area contributed by atoms with Gasteiger partial charge in [0, 0.05) is 42.2 Å². The van der Waals surface area contributed by atoms with Gasteiger partial charge in [-0.05, 0) is 41.4 Å². The summed E-state index contributed by atoms with van der Waals surface area (Å²) in [5.74, 6) is 0.0133. The summed E-state index contributed by atoms with van der Waals surface area (Å²) in [5.41, 5.74) is 4.41. The van der Waals surface area contributed by atoms with Crippen molar-refractivity contribution in [3.8, 4) is 0 Å². The molecule has 0 N–H and O–H groups in total. The number of allylic oxidation sites excluding steroid dienone is 2. The lowest BCUT2D eigenvalue weighted by Gasteiger charge is -2.43. The highest BCUT2D eigenvalue weighted by molar-refractivity contribution is 6.08. The molecule has 0 saturated carbocycles. The Morgan fingerprint density at radius 3 is 2.33 bits per heavy atom. The van der Waals surface area contributed by atoms with Gasteiger partial charge >= 0.3 is 0 Å². The van der Waals surface area contributed by atoms with Gasteiger partial charge in [0.2, 0.25) is 5.91 Å². The fourth-order valence-electron chi connectivity index (χ4n) is 5.05. The van der Waals surface area contributed by atoms with E-state index in [9.17, 15) is 19.7 Å². The van der Waals surface area contributed by atoms with Gasteiger partial charge in [0.25, 0.3) is 5.69 Å². The second-order valence-electron chi connectivity index (χ2n) is 10.3. The fraction of sp³-hybridized carbons (Fsp3) is 0.407. The molecule has 0 radical (unpaired) electrons. The lowest BCUT2D eigenvalue weighted by Crippen LogP contribution is -2.44. The first kappa shape index (κ1) is 22.9. The van der Waals surface area contributed by atoms with Crippen molar-refractivity contribution in [2.24, 2.45) is 5.41 Å². The second kappa shape index (κ2) is 8.25. The van der Waals surface area contributed by atoms with E-state index >= 15 is 0 Å². The first-order valence-corrected chi connectivity index (χ1v) is 11.4. The summed E-state index contributed by atoms with van der Waals surface area (Å²) in [6.07, 6.45) is 1.14. The molecule has 33 heavy (non-hydrogen) atoms. The molecule has 6 heteroatoms. The minimum atomic E-state index is -0.457. The number of ketones is 1. The van der Waals surface area contributed by atoms with Crippen molar-refractivity contribution in [1.29, 1.82) is 0 Å². The molecule has 0 saturated heterocycles. The molecule has 2 aliphatic rings. The van der Waals surface area contributed by atoms with Gasteiger partial charge < -0.3 is 0 Å². The summed E-state index contributed by atoms with van der Waals surface area (Å²) in [5, 5.41) is 11.4. The minimum absolute atomic E-state index is 0.0553. The van der Waals surface area contributed by atoms with E-state index in [0.29, 0.717) is 35.7 Å². The lowest BCUT2D eigenvalue weighted by atomic mass is 9.69. The second-order valence-corrected chi connectivity index (χ2v) is 10.3. The summed E-state index contributed by atoms with van der Waals surface area (Å²) < 4.78 is 0. The summed E-state index contributed by atoms with van der Waals surface area (Å²) in [6, 6.07) is 12.7. The van der Waals surface area contributed by atoms with Crippen LogP contribution < -0.4 is 4.90 Å². The largest absolute Gasteiger partial charge is 0.294 e. The van der Waals surface area contributed by atoms with Gasteiger partial charge in [0.1, 0.15) is 0 Å². The first-order valence-electron chi connectivity index (χ1n) is 11.4. The molecule has 1 heterocycles. The molecule has 4 rings (SSSR count). The number of carbonyl (C=O) groups is 2. The van der Waals surface area contributed by atoms with Gasteiger partial charge in [0.05, 0.1) is 10.6 Å². The van der Waals surface area contributed by atoms with Crippen molar-refractivity contribution in [1.82, 2.24) is 0 Å². The zero-order valence-corrected chi connectivity index (χ0v) is 19.8. The predicted octanol–water partition coefficient (Wildman–Crippen LogP) is 6.19. The van der Waals surface area contributed by atoms with Gasteiger partial charge in [-0.25, -0.2) is 0 Å². The van der Waals surface area contributed by atoms with E-state index in [2.05, 4.69) is 26.0 Å². The fourth-order valence-corrected chi connectivity index (χ4v) is 5.05. The van der Waals surface area contributed by atoms with Crippen LogP contribution in [0.15, 0.2) is 53.7 Å². The summed E-state index contributed by atoms with van der Waals surface area (Å²) in [7, 11) is 0. The van der Waals surface area contributed by atoms with E-state index in [1.165, 1.54) is 17.7 Å².